The first kappa shape index (κ1) is 17.3. The highest BCUT2D eigenvalue weighted by Crippen LogP contribution is 2.28. The molecule has 0 aliphatic rings. The molecule has 0 saturated carbocycles. The van der Waals surface area contributed by atoms with Crippen LogP contribution in [0.2, 0.25) is 0 Å². The van der Waals surface area contributed by atoms with E-state index in [-0.39, 0.29) is 5.91 Å². The van der Waals surface area contributed by atoms with E-state index in [0.717, 1.165) is 17.1 Å². The van der Waals surface area contributed by atoms with Crippen LogP contribution in [-0.2, 0) is 16.0 Å². The molecule has 1 aromatic carbocycles. The molecule has 1 amide bonds. The van der Waals surface area contributed by atoms with E-state index in [1.54, 1.807) is 7.11 Å². The lowest BCUT2D eigenvalue weighted by Crippen LogP contribution is -2.27. The minimum atomic E-state index is 0.0268. The van der Waals surface area contributed by atoms with Gasteiger partial charge >= 0.3 is 0 Å². The van der Waals surface area contributed by atoms with Crippen LogP contribution in [0.1, 0.15) is 25.8 Å². The molecule has 0 atom stereocenters. The maximum atomic E-state index is 11.6. The van der Waals surface area contributed by atoms with E-state index >= 15 is 0 Å². The minimum Gasteiger partial charge on any atom is -0.490 e. The zero-order valence-corrected chi connectivity index (χ0v) is 13.1. The number of rotatable bonds is 10. The molecule has 1 rings (SSSR count). The van der Waals surface area contributed by atoms with Crippen LogP contribution in [0.4, 0.5) is 0 Å². The van der Waals surface area contributed by atoms with Crippen molar-refractivity contribution < 1.29 is 19.0 Å². The molecule has 5 heteroatoms. The predicted molar refractivity (Wildman–Crippen MR) is 82.0 cm³/mol. The second-order valence-electron chi connectivity index (χ2n) is 4.49. The Kier molecular flexibility index (Phi) is 8.28. The topological polar surface area (TPSA) is 56.8 Å². The summed E-state index contributed by atoms with van der Waals surface area (Å²) in [5.41, 5.74) is 1.06. The molecule has 118 valence electrons. The molecule has 0 spiro atoms. The van der Waals surface area contributed by atoms with Crippen LogP contribution < -0.4 is 14.8 Å². The van der Waals surface area contributed by atoms with Gasteiger partial charge in [-0.25, -0.2) is 0 Å². The van der Waals surface area contributed by atoms with Gasteiger partial charge < -0.3 is 19.5 Å². The number of nitrogens with one attached hydrogen (secondary N) is 1. The third-order valence-electron chi connectivity index (χ3n) is 2.88. The molecular weight excluding hydrogens is 270 g/mol. The zero-order chi connectivity index (χ0) is 15.5. The molecule has 21 heavy (non-hydrogen) atoms. The number of carbonyl (C=O) groups excluding carboxylic acids is 1. The first-order valence-corrected chi connectivity index (χ1v) is 7.35. The molecule has 0 heterocycles. The van der Waals surface area contributed by atoms with Gasteiger partial charge in [0.2, 0.25) is 5.91 Å². The molecule has 1 N–H and O–H groups in total. The van der Waals surface area contributed by atoms with Crippen molar-refractivity contribution in [3.05, 3.63) is 23.8 Å². The molecule has 0 saturated heterocycles. The van der Waals surface area contributed by atoms with Crippen LogP contribution >= 0.6 is 0 Å². The van der Waals surface area contributed by atoms with Crippen LogP contribution in [0.25, 0.3) is 0 Å². The predicted octanol–water partition coefficient (Wildman–Crippen LogP) is 2.18. The van der Waals surface area contributed by atoms with Gasteiger partial charge in [-0.1, -0.05) is 6.07 Å². The standard InChI is InChI=1S/C16H25NO4/c1-4-20-14-8-6-13(12-15(14)21-5-2)7-9-16(18)17-10-11-19-3/h6,8,12H,4-5,7,9-11H2,1-3H3,(H,17,18). The van der Waals surface area contributed by atoms with E-state index in [4.69, 9.17) is 14.2 Å². The van der Waals surface area contributed by atoms with Crippen molar-refractivity contribution in [3.63, 3.8) is 0 Å². The van der Waals surface area contributed by atoms with E-state index < -0.39 is 0 Å². The number of hydrogen-bond acceptors (Lipinski definition) is 4. The van der Waals surface area contributed by atoms with Crippen LogP contribution in [0.15, 0.2) is 18.2 Å². The normalized spacial score (nSPS) is 10.2. The van der Waals surface area contributed by atoms with Crippen LogP contribution in [0.3, 0.4) is 0 Å². The Hall–Kier alpha value is -1.75. The average Bonchev–Trinajstić information content (AvgIpc) is 2.48. The van der Waals surface area contributed by atoms with Gasteiger partial charge in [-0.15, -0.1) is 0 Å². The fourth-order valence-electron chi connectivity index (χ4n) is 1.89. The molecule has 0 aromatic heterocycles. The fraction of sp³-hybridized carbons (Fsp3) is 0.562. The number of methoxy groups -OCH3 is 1. The number of hydrogen-bond donors (Lipinski definition) is 1. The number of ether oxygens (including phenoxy) is 3. The lowest BCUT2D eigenvalue weighted by molar-refractivity contribution is -0.121. The van der Waals surface area contributed by atoms with Gasteiger partial charge in [0.15, 0.2) is 11.5 Å². The Morgan fingerprint density at radius 1 is 1.14 bits per heavy atom. The summed E-state index contributed by atoms with van der Waals surface area (Å²) < 4.78 is 16.0. The largest absolute Gasteiger partial charge is 0.490 e. The quantitative estimate of drug-likeness (QED) is 0.672. The summed E-state index contributed by atoms with van der Waals surface area (Å²) in [5.74, 6) is 1.50. The highest BCUT2D eigenvalue weighted by Gasteiger charge is 2.07. The SMILES string of the molecule is CCOc1ccc(CCC(=O)NCCOC)cc1OCC. The summed E-state index contributed by atoms with van der Waals surface area (Å²) in [6.07, 6.45) is 1.12. The molecule has 5 nitrogen and oxygen atoms in total. The van der Waals surface area contributed by atoms with E-state index in [2.05, 4.69) is 5.32 Å². The smallest absolute Gasteiger partial charge is 0.220 e. The second kappa shape index (κ2) is 10.0. The van der Waals surface area contributed by atoms with E-state index in [0.29, 0.717) is 39.2 Å². The highest BCUT2D eigenvalue weighted by molar-refractivity contribution is 5.76. The number of carbonyl (C=O) groups is 1. The summed E-state index contributed by atoms with van der Waals surface area (Å²) >= 11 is 0. The number of benzene rings is 1. The van der Waals surface area contributed by atoms with Crippen LogP contribution in [-0.4, -0.2) is 39.4 Å². The summed E-state index contributed by atoms with van der Waals surface area (Å²) in [7, 11) is 1.61. The third-order valence-corrected chi connectivity index (χ3v) is 2.88. The van der Waals surface area contributed by atoms with E-state index in [1.807, 2.05) is 32.0 Å². The summed E-state index contributed by atoms with van der Waals surface area (Å²) in [6.45, 7) is 6.13. The summed E-state index contributed by atoms with van der Waals surface area (Å²) in [5, 5.41) is 2.81. The minimum absolute atomic E-state index is 0.0268. The lowest BCUT2D eigenvalue weighted by Gasteiger charge is -2.12. The Bertz CT molecular complexity index is 434. The molecule has 0 radical (unpaired) electrons. The Morgan fingerprint density at radius 2 is 1.86 bits per heavy atom. The van der Waals surface area contributed by atoms with Crippen molar-refractivity contribution in [2.75, 3.05) is 33.5 Å². The van der Waals surface area contributed by atoms with E-state index in [1.165, 1.54) is 0 Å². The van der Waals surface area contributed by atoms with E-state index in [9.17, 15) is 4.79 Å². The maximum absolute atomic E-state index is 11.6. The molecule has 1 aromatic rings. The maximum Gasteiger partial charge on any atom is 0.220 e. The van der Waals surface area contributed by atoms with Crippen molar-refractivity contribution in [2.24, 2.45) is 0 Å². The molecular formula is C16H25NO4. The van der Waals surface area contributed by atoms with Gasteiger partial charge in [0.05, 0.1) is 19.8 Å². The summed E-state index contributed by atoms with van der Waals surface area (Å²) in [4.78, 5) is 11.6. The van der Waals surface area contributed by atoms with Gasteiger partial charge in [-0.05, 0) is 38.0 Å². The van der Waals surface area contributed by atoms with Crippen LogP contribution in [0.5, 0.6) is 11.5 Å². The molecule has 0 fully saturated rings. The van der Waals surface area contributed by atoms with Crippen molar-refractivity contribution in [1.82, 2.24) is 5.32 Å². The van der Waals surface area contributed by atoms with Crippen molar-refractivity contribution in [3.8, 4) is 11.5 Å². The number of aryl methyl sites for hydroxylation is 1. The van der Waals surface area contributed by atoms with Crippen molar-refractivity contribution in [1.29, 1.82) is 0 Å². The Labute approximate surface area is 126 Å². The van der Waals surface area contributed by atoms with Crippen LogP contribution in [0, 0.1) is 0 Å². The highest BCUT2D eigenvalue weighted by atomic mass is 16.5. The zero-order valence-electron chi connectivity index (χ0n) is 13.1. The second-order valence-corrected chi connectivity index (χ2v) is 4.49. The first-order chi connectivity index (χ1) is 10.2. The van der Waals surface area contributed by atoms with Gasteiger partial charge in [0, 0.05) is 20.1 Å². The summed E-state index contributed by atoms with van der Waals surface area (Å²) in [6, 6.07) is 5.81. The Morgan fingerprint density at radius 3 is 2.52 bits per heavy atom. The van der Waals surface area contributed by atoms with Crippen molar-refractivity contribution >= 4 is 5.91 Å². The van der Waals surface area contributed by atoms with Gasteiger partial charge in [-0.3, -0.25) is 4.79 Å². The monoisotopic (exact) mass is 295 g/mol. The van der Waals surface area contributed by atoms with Gasteiger partial charge in [-0.2, -0.15) is 0 Å². The number of amides is 1. The van der Waals surface area contributed by atoms with Crippen molar-refractivity contribution in [2.45, 2.75) is 26.7 Å². The third kappa shape index (κ3) is 6.49. The van der Waals surface area contributed by atoms with Gasteiger partial charge in [0.1, 0.15) is 0 Å². The molecule has 0 aliphatic heterocycles. The lowest BCUT2D eigenvalue weighted by atomic mass is 10.1. The first-order valence-electron chi connectivity index (χ1n) is 7.35. The average molecular weight is 295 g/mol. The molecule has 0 bridgehead atoms. The fourth-order valence-corrected chi connectivity index (χ4v) is 1.89. The Balaban J connectivity index is 2.54. The molecule has 0 unspecified atom stereocenters. The molecule has 0 aliphatic carbocycles. The van der Waals surface area contributed by atoms with Gasteiger partial charge in [0.25, 0.3) is 0 Å².